The first-order chi connectivity index (χ1) is 9.74. The van der Waals surface area contributed by atoms with Gasteiger partial charge in [-0.15, -0.1) is 11.3 Å². The lowest BCUT2D eigenvalue weighted by molar-refractivity contribution is -0.120. The summed E-state index contributed by atoms with van der Waals surface area (Å²) in [5, 5.41) is 5.75. The molecule has 2 atom stereocenters. The zero-order chi connectivity index (χ0) is 13.9. The van der Waals surface area contributed by atoms with Crippen LogP contribution in [0.1, 0.15) is 0 Å². The number of rotatable bonds is 3. The zero-order valence-electron chi connectivity index (χ0n) is 10.8. The maximum absolute atomic E-state index is 12.1. The van der Waals surface area contributed by atoms with Crippen LogP contribution in [0.5, 0.6) is 0 Å². The minimum Gasteiger partial charge on any atom is -0.379 e. The van der Waals surface area contributed by atoms with Gasteiger partial charge in [-0.2, -0.15) is 0 Å². The molecule has 1 aromatic heterocycles. The summed E-state index contributed by atoms with van der Waals surface area (Å²) < 4.78 is 5.22. The van der Waals surface area contributed by atoms with Gasteiger partial charge < -0.3 is 15.8 Å². The van der Waals surface area contributed by atoms with Gasteiger partial charge in [-0.05, 0) is 12.1 Å². The van der Waals surface area contributed by atoms with Crippen molar-refractivity contribution in [2.45, 2.75) is 6.04 Å². The van der Waals surface area contributed by atoms with Crippen molar-refractivity contribution < 1.29 is 9.53 Å². The molecule has 2 heterocycles. The number of carbonyl (C=O) groups excluding carboxylic acids is 1. The SMILES string of the molecule is NC1COCC1C(=O)Nc1cccc(-c2nccs2)c1. The molecule has 0 bridgehead atoms. The van der Waals surface area contributed by atoms with Crippen molar-refractivity contribution in [1.29, 1.82) is 0 Å². The highest BCUT2D eigenvalue weighted by atomic mass is 32.1. The fraction of sp³-hybridized carbons (Fsp3) is 0.286. The second kappa shape index (κ2) is 5.70. The van der Waals surface area contributed by atoms with Crippen LogP contribution in [0.15, 0.2) is 35.8 Å². The number of aromatic nitrogens is 1. The summed E-state index contributed by atoms with van der Waals surface area (Å²) in [5.74, 6) is -0.371. The summed E-state index contributed by atoms with van der Waals surface area (Å²) in [6.07, 6.45) is 1.76. The van der Waals surface area contributed by atoms with E-state index in [2.05, 4.69) is 10.3 Å². The Morgan fingerprint density at radius 3 is 3.05 bits per heavy atom. The number of hydrogen-bond acceptors (Lipinski definition) is 5. The maximum atomic E-state index is 12.1. The van der Waals surface area contributed by atoms with Crippen molar-refractivity contribution >= 4 is 22.9 Å². The van der Waals surface area contributed by atoms with Gasteiger partial charge in [-0.3, -0.25) is 4.79 Å². The molecular formula is C14H15N3O2S. The highest BCUT2D eigenvalue weighted by molar-refractivity contribution is 7.13. The normalized spacial score (nSPS) is 21.9. The summed E-state index contributed by atoms with van der Waals surface area (Å²) in [6, 6.07) is 7.42. The third kappa shape index (κ3) is 2.72. The van der Waals surface area contributed by atoms with E-state index in [9.17, 15) is 4.79 Å². The van der Waals surface area contributed by atoms with E-state index < -0.39 is 0 Å². The first-order valence-corrected chi connectivity index (χ1v) is 7.26. The number of nitrogens with zero attached hydrogens (tertiary/aromatic N) is 1. The Hall–Kier alpha value is -1.76. The van der Waals surface area contributed by atoms with Crippen molar-refractivity contribution in [2.24, 2.45) is 11.7 Å². The van der Waals surface area contributed by atoms with Crippen molar-refractivity contribution in [3.63, 3.8) is 0 Å². The van der Waals surface area contributed by atoms with E-state index in [1.807, 2.05) is 29.6 Å². The summed E-state index contributed by atoms with van der Waals surface area (Å²) >= 11 is 1.57. The predicted molar refractivity (Wildman–Crippen MR) is 78.5 cm³/mol. The van der Waals surface area contributed by atoms with Gasteiger partial charge in [-0.1, -0.05) is 12.1 Å². The molecule has 3 rings (SSSR count). The molecule has 3 N–H and O–H groups in total. The number of amides is 1. The van der Waals surface area contributed by atoms with E-state index >= 15 is 0 Å². The molecule has 1 aliphatic rings. The minimum atomic E-state index is -0.279. The van der Waals surface area contributed by atoms with Gasteiger partial charge in [0, 0.05) is 28.9 Å². The average molecular weight is 289 g/mol. The van der Waals surface area contributed by atoms with Gasteiger partial charge in [0.1, 0.15) is 5.01 Å². The number of benzene rings is 1. The van der Waals surface area contributed by atoms with Crippen LogP contribution in [0, 0.1) is 5.92 Å². The molecule has 1 aliphatic heterocycles. The van der Waals surface area contributed by atoms with E-state index in [0.717, 1.165) is 16.3 Å². The van der Waals surface area contributed by atoms with Crippen LogP contribution in [0.3, 0.4) is 0 Å². The van der Waals surface area contributed by atoms with Crippen LogP contribution in [0.2, 0.25) is 0 Å². The van der Waals surface area contributed by atoms with Crippen molar-refractivity contribution in [3.8, 4) is 10.6 Å². The number of nitrogens with one attached hydrogen (secondary N) is 1. The zero-order valence-corrected chi connectivity index (χ0v) is 11.6. The Kier molecular flexibility index (Phi) is 3.77. The summed E-state index contributed by atoms with van der Waals surface area (Å²) in [4.78, 5) is 16.4. The second-order valence-electron chi connectivity index (χ2n) is 4.72. The third-order valence-corrected chi connectivity index (χ3v) is 4.09. The van der Waals surface area contributed by atoms with Crippen LogP contribution in [0.25, 0.3) is 10.6 Å². The van der Waals surface area contributed by atoms with Gasteiger partial charge in [0.25, 0.3) is 0 Å². The molecule has 2 aromatic rings. The number of hydrogen-bond donors (Lipinski definition) is 2. The Balaban J connectivity index is 1.74. The largest absolute Gasteiger partial charge is 0.379 e. The van der Waals surface area contributed by atoms with Gasteiger partial charge in [0.15, 0.2) is 0 Å². The number of carbonyl (C=O) groups is 1. The molecule has 5 nitrogen and oxygen atoms in total. The van der Waals surface area contributed by atoms with E-state index in [0.29, 0.717) is 13.2 Å². The second-order valence-corrected chi connectivity index (χ2v) is 5.61. The molecule has 1 amide bonds. The fourth-order valence-electron chi connectivity index (χ4n) is 2.17. The monoisotopic (exact) mass is 289 g/mol. The quantitative estimate of drug-likeness (QED) is 0.902. The molecule has 6 heteroatoms. The first-order valence-electron chi connectivity index (χ1n) is 6.38. The summed E-state index contributed by atoms with van der Waals surface area (Å²) in [6.45, 7) is 0.830. The summed E-state index contributed by atoms with van der Waals surface area (Å²) in [5.41, 5.74) is 7.59. The molecular weight excluding hydrogens is 274 g/mol. The number of thiazole rings is 1. The molecule has 0 aliphatic carbocycles. The Morgan fingerprint density at radius 2 is 2.35 bits per heavy atom. The van der Waals surface area contributed by atoms with Crippen LogP contribution in [-0.4, -0.2) is 30.1 Å². The van der Waals surface area contributed by atoms with Crippen molar-refractivity contribution in [1.82, 2.24) is 4.98 Å². The molecule has 104 valence electrons. The third-order valence-electron chi connectivity index (χ3n) is 3.27. The standard InChI is InChI=1S/C14H15N3O2S/c15-12-8-19-7-11(12)13(18)17-10-3-1-2-9(6-10)14-16-4-5-20-14/h1-6,11-12H,7-8,15H2,(H,17,18). The smallest absolute Gasteiger partial charge is 0.231 e. The maximum Gasteiger partial charge on any atom is 0.231 e. The highest BCUT2D eigenvalue weighted by Crippen LogP contribution is 2.25. The number of anilines is 1. The Morgan fingerprint density at radius 1 is 1.45 bits per heavy atom. The molecule has 0 spiro atoms. The van der Waals surface area contributed by atoms with Crippen LogP contribution in [-0.2, 0) is 9.53 Å². The van der Waals surface area contributed by atoms with Gasteiger partial charge in [-0.25, -0.2) is 4.98 Å². The van der Waals surface area contributed by atoms with Crippen LogP contribution >= 0.6 is 11.3 Å². The van der Waals surface area contributed by atoms with E-state index in [1.165, 1.54) is 0 Å². The molecule has 0 radical (unpaired) electrons. The Labute approximate surface area is 120 Å². The minimum absolute atomic E-state index is 0.0914. The van der Waals surface area contributed by atoms with Crippen molar-refractivity contribution in [2.75, 3.05) is 18.5 Å². The van der Waals surface area contributed by atoms with Crippen LogP contribution < -0.4 is 11.1 Å². The van der Waals surface area contributed by atoms with Gasteiger partial charge >= 0.3 is 0 Å². The van der Waals surface area contributed by atoms with E-state index in [4.69, 9.17) is 10.5 Å². The number of ether oxygens (including phenoxy) is 1. The first kappa shape index (κ1) is 13.2. The van der Waals surface area contributed by atoms with E-state index in [1.54, 1.807) is 17.5 Å². The molecule has 1 saturated heterocycles. The summed E-state index contributed by atoms with van der Waals surface area (Å²) in [7, 11) is 0. The van der Waals surface area contributed by atoms with Gasteiger partial charge in [0.2, 0.25) is 5.91 Å². The van der Waals surface area contributed by atoms with Gasteiger partial charge in [0.05, 0.1) is 19.1 Å². The topological polar surface area (TPSA) is 77.2 Å². The Bertz CT molecular complexity index is 600. The lowest BCUT2D eigenvalue weighted by Gasteiger charge is -2.13. The highest BCUT2D eigenvalue weighted by Gasteiger charge is 2.31. The van der Waals surface area contributed by atoms with Crippen molar-refractivity contribution in [3.05, 3.63) is 35.8 Å². The van der Waals surface area contributed by atoms with E-state index in [-0.39, 0.29) is 17.9 Å². The fourth-order valence-corrected chi connectivity index (χ4v) is 2.81. The number of nitrogens with two attached hydrogens (primary N) is 1. The predicted octanol–water partition coefficient (Wildman–Crippen LogP) is 1.72. The lowest BCUT2D eigenvalue weighted by atomic mass is 10.0. The molecule has 20 heavy (non-hydrogen) atoms. The molecule has 2 unspecified atom stereocenters. The molecule has 1 aromatic carbocycles. The molecule has 1 fully saturated rings. The molecule has 0 saturated carbocycles. The average Bonchev–Trinajstić information content (AvgIpc) is 3.09. The lowest BCUT2D eigenvalue weighted by Crippen LogP contribution is -2.37. The van der Waals surface area contributed by atoms with Crippen LogP contribution in [0.4, 0.5) is 5.69 Å².